The molecule has 0 aliphatic heterocycles. The number of hydrogen-bond donors (Lipinski definition) is 2. The van der Waals surface area contributed by atoms with E-state index in [0.29, 0.717) is 42.3 Å². The van der Waals surface area contributed by atoms with Crippen molar-refractivity contribution < 1.29 is 14.3 Å². The first-order chi connectivity index (χ1) is 10.1. The number of nitrogens with zero attached hydrogens (tertiary/aromatic N) is 2. The summed E-state index contributed by atoms with van der Waals surface area (Å²) in [6.07, 6.45) is 0.852. The summed E-state index contributed by atoms with van der Waals surface area (Å²) in [6.45, 7) is 4.06. The Bertz CT molecular complexity index is 610. The molecule has 1 atom stereocenters. The number of nitrogens with one attached hydrogen (secondary N) is 1. The van der Waals surface area contributed by atoms with Gasteiger partial charge in [-0.1, -0.05) is 13.0 Å². The average Bonchev–Trinajstić information content (AvgIpc) is 2.93. The molecule has 2 N–H and O–H groups in total. The number of hydrogen-bond acceptors (Lipinski definition) is 5. The molecule has 0 saturated heterocycles. The summed E-state index contributed by atoms with van der Waals surface area (Å²) in [6, 6.07) is 7.01. The number of rotatable bonds is 6. The fourth-order valence-electron chi connectivity index (χ4n) is 1.87. The van der Waals surface area contributed by atoms with Gasteiger partial charge in [-0.15, -0.1) is 10.2 Å². The lowest BCUT2D eigenvalue weighted by molar-refractivity contribution is 0.0942. The molecule has 6 nitrogen and oxygen atoms in total. The molecule has 0 radical (unpaired) electrons. The van der Waals surface area contributed by atoms with Crippen molar-refractivity contribution in [3.63, 3.8) is 0 Å². The van der Waals surface area contributed by atoms with Gasteiger partial charge in [0.2, 0.25) is 11.8 Å². The van der Waals surface area contributed by atoms with Crippen molar-refractivity contribution in [1.29, 1.82) is 0 Å². The zero-order valence-corrected chi connectivity index (χ0v) is 12.2. The summed E-state index contributed by atoms with van der Waals surface area (Å²) >= 11 is 0. The molecule has 1 aromatic heterocycles. The van der Waals surface area contributed by atoms with Gasteiger partial charge in [-0.05, 0) is 31.0 Å². The van der Waals surface area contributed by atoms with E-state index >= 15 is 0 Å². The molecule has 0 fully saturated rings. The highest BCUT2D eigenvalue weighted by Gasteiger charge is 2.10. The maximum atomic E-state index is 12.0. The van der Waals surface area contributed by atoms with E-state index in [9.17, 15) is 9.90 Å². The van der Waals surface area contributed by atoms with Gasteiger partial charge in [-0.2, -0.15) is 0 Å². The van der Waals surface area contributed by atoms with Gasteiger partial charge in [-0.25, -0.2) is 0 Å². The molecule has 0 bridgehead atoms. The molecule has 1 aromatic carbocycles. The number of amides is 1. The second-order valence-electron chi connectivity index (χ2n) is 4.81. The monoisotopic (exact) mass is 289 g/mol. The van der Waals surface area contributed by atoms with E-state index in [1.54, 1.807) is 25.1 Å². The Morgan fingerprint density at radius 2 is 2.24 bits per heavy atom. The van der Waals surface area contributed by atoms with Crippen LogP contribution < -0.4 is 5.32 Å². The van der Waals surface area contributed by atoms with Crippen LogP contribution in [-0.4, -0.2) is 33.9 Å². The number of benzene rings is 1. The molecule has 1 unspecified atom stereocenters. The third kappa shape index (κ3) is 4.13. The Morgan fingerprint density at radius 3 is 2.90 bits per heavy atom. The van der Waals surface area contributed by atoms with Crippen LogP contribution in [0.2, 0.25) is 0 Å². The lowest BCUT2D eigenvalue weighted by atomic mass is 10.1. The van der Waals surface area contributed by atoms with Gasteiger partial charge in [0.05, 0.1) is 6.10 Å². The highest BCUT2D eigenvalue weighted by molar-refractivity contribution is 5.95. The molecule has 0 saturated carbocycles. The summed E-state index contributed by atoms with van der Waals surface area (Å²) < 4.78 is 5.34. The Balaban J connectivity index is 2.02. The van der Waals surface area contributed by atoms with Crippen molar-refractivity contribution in [2.45, 2.75) is 32.8 Å². The number of aliphatic hydroxyl groups is 1. The summed E-state index contributed by atoms with van der Waals surface area (Å²) in [5.41, 5.74) is 1.23. The SMILES string of the molecule is CCC(O)CCNC(=O)c1cccc(-c2nnc(C)o2)c1. The Hall–Kier alpha value is -2.21. The minimum absolute atomic E-state index is 0.184. The zero-order chi connectivity index (χ0) is 15.2. The number of aryl methyl sites for hydroxylation is 1. The Morgan fingerprint density at radius 1 is 1.43 bits per heavy atom. The molecule has 112 valence electrons. The average molecular weight is 289 g/mol. The summed E-state index contributed by atoms with van der Waals surface area (Å²) in [7, 11) is 0. The van der Waals surface area contributed by atoms with Crippen molar-refractivity contribution in [2.24, 2.45) is 0 Å². The van der Waals surface area contributed by atoms with Crippen molar-refractivity contribution in [2.75, 3.05) is 6.54 Å². The highest BCUT2D eigenvalue weighted by Crippen LogP contribution is 2.18. The van der Waals surface area contributed by atoms with Crippen LogP contribution in [0.15, 0.2) is 28.7 Å². The van der Waals surface area contributed by atoms with Gasteiger partial charge in [0.1, 0.15) is 0 Å². The van der Waals surface area contributed by atoms with Crippen LogP contribution in [-0.2, 0) is 0 Å². The zero-order valence-electron chi connectivity index (χ0n) is 12.2. The van der Waals surface area contributed by atoms with E-state index in [1.165, 1.54) is 0 Å². The predicted octanol–water partition coefficient (Wildman–Crippen LogP) is 1.94. The van der Waals surface area contributed by atoms with E-state index < -0.39 is 0 Å². The van der Waals surface area contributed by atoms with Gasteiger partial charge in [0, 0.05) is 24.6 Å². The first kappa shape index (κ1) is 15.2. The minimum atomic E-state index is -0.377. The van der Waals surface area contributed by atoms with Gasteiger partial charge < -0.3 is 14.8 Å². The molecule has 1 amide bonds. The maximum Gasteiger partial charge on any atom is 0.251 e. The second kappa shape index (κ2) is 6.99. The smallest absolute Gasteiger partial charge is 0.251 e. The van der Waals surface area contributed by atoms with Crippen LogP contribution in [0, 0.1) is 6.92 Å². The first-order valence-corrected chi connectivity index (χ1v) is 6.97. The van der Waals surface area contributed by atoms with E-state index in [1.807, 2.05) is 13.0 Å². The van der Waals surface area contributed by atoms with E-state index in [2.05, 4.69) is 15.5 Å². The molecule has 6 heteroatoms. The Kier molecular flexibility index (Phi) is 5.05. The third-order valence-corrected chi connectivity index (χ3v) is 3.13. The molecule has 2 rings (SSSR count). The normalized spacial score (nSPS) is 12.1. The van der Waals surface area contributed by atoms with Crippen LogP contribution in [0.25, 0.3) is 11.5 Å². The van der Waals surface area contributed by atoms with Crippen LogP contribution in [0.1, 0.15) is 36.0 Å². The molecule has 0 spiro atoms. The van der Waals surface area contributed by atoms with Gasteiger partial charge in [-0.3, -0.25) is 4.79 Å². The first-order valence-electron chi connectivity index (χ1n) is 6.97. The number of aliphatic hydroxyl groups excluding tert-OH is 1. The number of carbonyl (C=O) groups excluding carboxylic acids is 1. The van der Waals surface area contributed by atoms with E-state index in [4.69, 9.17) is 4.42 Å². The fraction of sp³-hybridized carbons (Fsp3) is 0.400. The molecule has 2 aromatic rings. The Labute approximate surface area is 123 Å². The van der Waals surface area contributed by atoms with Gasteiger partial charge >= 0.3 is 0 Å². The van der Waals surface area contributed by atoms with Crippen LogP contribution in [0.4, 0.5) is 0 Å². The van der Waals surface area contributed by atoms with Crippen LogP contribution in [0.5, 0.6) is 0 Å². The summed E-state index contributed by atoms with van der Waals surface area (Å²) in [4.78, 5) is 12.0. The molecular formula is C15H19N3O3. The number of carbonyl (C=O) groups is 1. The molecule has 21 heavy (non-hydrogen) atoms. The number of aromatic nitrogens is 2. The summed E-state index contributed by atoms with van der Waals surface area (Å²) in [5.74, 6) is 0.688. The van der Waals surface area contributed by atoms with E-state index in [-0.39, 0.29) is 12.0 Å². The van der Waals surface area contributed by atoms with Gasteiger partial charge in [0.15, 0.2) is 0 Å². The lowest BCUT2D eigenvalue weighted by Gasteiger charge is -2.09. The maximum absolute atomic E-state index is 12.0. The molecule has 1 heterocycles. The standard InChI is InChI=1S/C15H19N3O3/c1-3-13(19)7-8-16-14(20)11-5-4-6-12(9-11)15-18-17-10(2)21-15/h4-6,9,13,19H,3,7-8H2,1-2H3,(H,16,20). The third-order valence-electron chi connectivity index (χ3n) is 3.13. The van der Waals surface area contributed by atoms with Crippen LogP contribution in [0.3, 0.4) is 0 Å². The van der Waals surface area contributed by atoms with Gasteiger partial charge in [0.25, 0.3) is 5.91 Å². The summed E-state index contributed by atoms with van der Waals surface area (Å²) in [5, 5.41) is 19.9. The van der Waals surface area contributed by atoms with Crippen molar-refractivity contribution >= 4 is 5.91 Å². The minimum Gasteiger partial charge on any atom is -0.421 e. The fourth-order valence-corrected chi connectivity index (χ4v) is 1.87. The lowest BCUT2D eigenvalue weighted by Crippen LogP contribution is -2.27. The molecule has 0 aliphatic rings. The molecule has 0 aliphatic carbocycles. The predicted molar refractivity (Wildman–Crippen MR) is 77.7 cm³/mol. The largest absolute Gasteiger partial charge is 0.421 e. The van der Waals surface area contributed by atoms with Crippen molar-refractivity contribution in [1.82, 2.24) is 15.5 Å². The molecular weight excluding hydrogens is 270 g/mol. The van der Waals surface area contributed by atoms with Crippen LogP contribution >= 0.6 is 0 Å². The quantitative estimate of drug-likeness (QED) is 0.848. The van der Waals surface area contributed by atoms with Crippen molar-refractivity contribution in [3.05, 3.63) is 35.7 Å². The second-order valence-corrected chi connectivity index (χ2v) is 4.81. The van der Waals surface area contributed by atoms with Crippen molar-refractivity contribution in [3.8, 4) is 11.5 Å². The highest BCUT2D eigenvalue weighted by atomic mass is 16.4. The topological polar surface area (TPSA) is 88.2 Å². The van der Waals surface area contributed by atoms with E-state index in [0.717, 1.165) is 0 Å².